The minimum atomic E-state index is -0.397. The number of nitrogens with zero attached hydrogens (tertiary/aromatic N) is 1. The number of halogens is 2. The first-order chi connectivity index (χ1) is 7.68. The van der Waals surface area contributed by atoms with E-state index in [-0.39, 0.29) is 10.8 Å². The minimum absolute atomic E-state index is 0.00224. The molecule has 1 aromatic carbocycles. The molecule has 0 bridgehead atoms. The van der Waals surface area contributed by atoms with Crippen LogP contribution in [0.15, 0.2) is 35.4 Å². The zero-order chi connectivity index (χ0) is 11.5. The summed E-state index contributed by atoms with van der Waals surface area (Å²) in [5, 5.41) is 3.42. The molecule has 2 N–H and O–H groups in total. The van der Waals surface area contributed by atoms with Crippen LogP contribution in [0.25, 0.3) is 0 Å². The van der Waals surface area contributed by atoms with Crippen LogP contribution >= 0.6 is 23.2 Å². The summed E-state index contributed by atoms with van der Waals surface area (Å²) in [6.45, 7) is 0. The maximum atomic E-state index is 11.2. The molecular weight excluding hydrogens is 249 g/mol. The van der Waals surface area contributed by atoms with Crippen molar-refractivity contribution in [1.82, 2.24) is 9.97 Å². The van der Waals surface area contributed by atoms with Gasteiger partial charge in [-0.25, -0.2) is 4.98 Å². The summed E-state index contributed by atoms with van der Waals surface area (Å²) in [6.07, 6.45) is 1.27. The lowest BCUT2D eigenvalue weighted by atomic mass is 10.3. The van der Waals surface area contributed by atoms with E-state index in [0.29, 0.717) is 10.7 Å². The monoisotopic (exact) mass is 255 g/mol. The Bertz CT molecular complexity index is 568. The molecule has 0 saturated carbocycles. The fourth-order valence-corrected chi connectivity index (χ4v) is 1.49. The van der Waals surface area contributed by atoms with Gasteiger partial charge in [0.15, 0.2) is 5.82 Å². The number of nitrogens with one attached hydrogen (secondary N) is 2. The third kappa shape index (κ3) is 2.18. The Morgan fingerprint density at radius 1 is 1.25 bits per heavy atom. The summed E-state index contributed by atoms with van der Waals surface area (Å²) in [6, 6.07) is 7.11. The Balaban J connectivity index is 2.38. The number of benzene rings is 1. The molecule has 0 aliphatic rings. The van der Waals surface area contributed by atoms with Crippen molar-refractivity contribution in [1.29, 1.82) is 0 Å². The third-order valence-electron chi connectivity index (χ3n) is 1.92. The van der Waals surface area contributed by atoms with E-state index in [4.69, 9.17) is 23.2 Å². The summed E-state index contributed by atoms with van der Waals surface area (Å²) in [5.41, 5.74) is 0.246. The SMILES string of the molecule is O=c1[nH]cnc(Nc2ccccc2Cl)c1Cl. The molecule has 0 saturated heterocycles. The molecule has 0 aliphatic heterocycles. The number of hydrogen-bond acceptors (Lipinski definition) is 3. The highest BCUT2D eigenvalue weighted by Crippen LogP contribution is 2.25. The van der Waals surface area contributed by atoms with Crippen molar-refractivity contribution in [3.63, 3.8) is 0 Å². The van der Waals surface area contributed by atoms with Crippen molar-refractivity contribution >= 4 is 34.7 Å². The molecule has 0 atom stereocenters. The molecule has 82 valence electrons. The van der Waals surface area contributed by atoms with Gasteiger partial charge in [-0.05, 0) is 12.1 Å². The molecule has 0 spiro atoms. The highest BCUT2D eigenvalue weighted by atomic mass is 35.5. The van der Waals surface area contributed by atoms with Crippen LogP contribution in [0.3, 0.4) is 0 Å². The van der Waals surface area contributed by atoms with Crippen LogP contribution in [-0.4, -0.2) is 9.97 Å². The Morgan fingerprint density at radius 2 is 2.00 bits per heavy atom. The van der Waals surface area contributed by atoms with Crippen molar-refractivity contribution in [3.05, 3.63) is 51.0 Å². The Labute approximate surface area is 101 Å². The molecule has 0 unspecified atom stereocenters. The lowest BCUT2D eigenvalue weighted by Gasteiger charge is -2.07. The van der Waals surface area contributed by atoms with Crippen molar-refractivity contribution in [3.8, 4) is 0 Å². The van der Waals surface area contributed by atoms with E-state index < -0.39 is 5.56 Å². The summed E-state index contributed by atoms with van der Waals surface area (Å²) < 4.78 is 0. The van der Waals surface area contributed by atoms with E-state index in [2.05, 4.69) is 15.3 Å². The highest BCUT2D eigenvalue weighted by Gasteiger charge is 2.07. The normalized spacial score (nSPS) is 10.1. The lowest BCUT2D eigenvalue weighted by Crippen LogP contribution is -2.09. The summed E-state index contributed by atoms with van der Waals surface area (Å²) in [7, 11) is 0. The molecule has 0 radical (unpaired) electrons. The smallest absolute Gasteiger partial charge is 0.271 e. The van der Waals surface area contributed by atoms with E-state index >= 15 is 0 Å². The van der Waals surface area contributed by atoms with Crippen molar-refractivity contribution in [2.45, 2.75) is 0 Å². The number of aromatic amines is 1. The first-order valence-electron chi connectivity index (χ1n) is 4.43. The zero-order valence-electron chi connectivity index (χ0n) is 8.00. The largest absolute Gasteiger partial charge is 0.338 e. The van der Waals surface area contributed by atoms with E-state index in [1.807, 2.05) is 6.07 Å². The predicted octanol–water partition coefficient (Wildman–Crippen LogP) is 2.82. The number of para-hydroxylation sites is 1. The molecule has 0 aliphatic carbocycles. The van der Waals surface area contributed by atoms with Gasteiger partial charge in [0.2, 0.25) is 0 Å². The van der Waals surface area contributed by atoms with Crippen LogP contribution < -0.4 is 10.9 Å². The van der Waals surface area contributed by atoms with Crippen LogP contribution in [-0.2, 0) is 0 Å². The molecule has 1 heterocycles. The molecule has 2 rings (SSSR count). The molecule has 0 fully saturated rings. The van der Waals surface area contributed by atoms with Crippen LogP contribution in [0, 0.1) is 0 Å². The van der Waals surface area contributed by atoms with Gasteiger partial charge in [0.1, 0.15) is 5.02 Å². The molecular formula is C10H7Cl2N3O. The van der Waals surface area contributed by atoms with Gasteiger partial charge >= 0.3 is 0 Å². The van der Waals surface area contributed by atoms with Gasteiger partial charge in [-0.15, -0.1) is 0 Å². The number of aromatic nitrogens is 2. The molecule has 4 nitrogen and oxygen atoms in total. The summed E-state index contributed by atoms with van der Waals surface area (Å²) in [4.78, 5) is 17.5. The first kappa shape index (κ1) is 11.0. The van der Waals surface area contributed by atoms with E-state index in [1.54, 1.807) is 18.2 Å². The summed E-state index contributed by atoms with van der Waals surface area (Å²) in [5.74, 6) is 0.276. The van der Waals surface area contributed by atoms with Gasteiger partial charge in [0, 0.05) is 0 Å². The van der Waals surface area contributed by atoms with E-state index in [9.17, 15) is 4.79 Å². The zero-order valence-corrected chi connectivity index (χ0v) is 9.51. The first-order valence-corrected chi connectivity index (χ1v) is 5.19. The van der Waals surface area contributed by atoms with Gasteiger partial charge < -0.3 is 10.3 Å². The van der Waals surface area contributed by atoms with Gasteiger partial charge in [-0.2, -0.15) is 0 Å². The average Bonchev–Trinajstić information content (AvgIpc) is 2.28. The van der Waals surface area contributed by atoms with Crippen LogP contribution in [0.5, 0.6) is 0 Å². The van der Waals surface area contributed by atoms with E-state index in [1.165, 1.54) is 6.33 Å². The average molecular weight is 256 g/mol. The van der Waals surface area contributed by atoms with Crippen LogP contribution in [0.1, 0.15) is 0 Å². The lowest BCUT2D eigenvalue weighted by molar-refractivity contribution is 1.12. The predicted molar refractivity (Wildman–Crippen MR) is 64.6 cm³/mol. The fraction of sp³-hybridized carbons (Fsp3) is 0. The van der Waals surface area contributed by atoms with Gasteiger partial charge in [-0.1, -0.05) is 35.3 Å². The number of anilines is 2. The van der Waals surface area contributed by atoms with Gasteiger partial charge in [0.25, 0.3) is 5.56 Å². The quantitative estimate of drug-likeness (QED) is 0.868. The topological polar surface area (TPSA) is 57.8 Å². The molecule has 1 aromatic heterocycles. The number of H-pyrrole nitrogens is 1. The fourth-order valence-electron chi connectivity index (χ4n) is 1.16. The van der Waals surface area contributed by atoms with Gasteiger partial charge in [0.05, 0.1) is 17.0 Å². The standard InChI is InChI=1S/C10H7Cl2N3O/c11-6-3-1-2-4-7(6)15-9-8(12)10(16)14-5-13-9/h1-5H,(H2,13,14,15,16). The van der Waals surface area contributed by atoms with Crippen molar-refractivity contribution in [2.24, 2.45) is 0 Å². The maximum Gasteiger partial charge on any atom is 0.271 e. The van der Waals surface area contributed by atoms with Crippen LogP contribution in [0.4, 0.5) is 11.5 Å². The Morgan fingerprint density at radius 3 is 2.75 bits per heavy atom. The molecule has 6 heteroatoms. The van der Waals surface area contributed by atoms with E-state index in [0.717, 1.165) is 0 Å². The molecule has 0 amide bonds. The van der Waals surface area contributed by atoms with Crippen molar-refractivity contribution in [2.75, 3.05) is 5.32 Å². The maximum absolute atomic E-state index is 11.2. The summed E-state index contributed by atoms with van der Waals surface area (Å²) >= 11 is 11.7. The Hall–Kier alpha value is -1.52. The number of hydrogen-bond donors (Lipinski definition) is 2. The van der Waals surface area contributed by atoms with Crippen LogP contribution in [0.2, 0.25) is 10.0 Å². The van der Waals surface area contributed by atoms with Gasteiger partial charge in [-0.3, -0.25) is 4.79 Å². The minimum Gasteiger partial charge on any atom is -0.338 e. The molecule has 16 heavy (non-hydrogen) atoms. The second-order valence-corrected chi connectivity index (χ2v) is 3.78. The number of rotatable bonds is 2. The highest BCUT2D eigenvalue weighted by molar-refractivity contribution is 6.34. The Kier molecular flexibility index (Phi) is 3.12. The third-order valence-corrected chi connectivity index (χ3v) is 2.60. The second kappa shape index (κ2) is 4.55. The molecule has 2 aromatic rings. The second-order valence-electron chi connectivity index (χ2n) is 3.00. The van der Waals surface area contributed by atoms with Crippen molar-refractivity contribution < 1.29 is 0 Å².